The fourth-order valence-corrected chi connectivity index (χ4v) is 3.51. The third-order valence-electron chi connectivity index (χ3n) is 4.17. The molecule has 1 saturated carbocycles. The Labute approximate surface area is 131 Å². The van der Waals surface area contributed by atoms with Gasteiger partial charge in [-0.15, -0.1) is 0 Å². The van der Waals surface area contributed by atoms with E-state index < -0.39 is 0 Å². The maximum Gasteiger partial charge on any atom is 0.251 e. The first-order valence-corrected chi connectivity index (χ1v) is 8.87. The summed E-state index contributed by atoms with van der Waals surface area (Å²) in [5, 5.41) is 6.13. The Kier molecular flexibility index (Phi) is 5.51. The van der Waals surface area contributed by atoms with Crippen molar-refractivity contribution in [2.75, 3.05) is 25.2 Å². The van der Waals surface area contributed by atoms with Gasteiger partial charge in [0.15, 0.2) is 0 Å². The number of hydrogen-bond acceptors (Lipinski definition) is 4. The second kappa shape index (κ2) is 7.16. The van der Waals surface area contributed by atoms with E-state index in [-0.39, 0.29) is 10.7 Å². The molecule has 4 nitrogen and oxygen atoms in total. The SMILES string of the molecule is CCCc1cc(C(=O)NCC2(SC)CCC2)cc(NC)n1. The number of rotatable bonds is 7. The largest absolute Gasteiger partial charge is 0.373 e. The Hall–Kier alpha value is -1.23. The molecule has 1 aromatic heterocycles. The Morgan fingerprint density at radius 3 is 2.71 bits per heavy atom. The first-order chi connectivity index (χ1) is 10.1. The van der Waals surface area contributed by atoms with E-state index in [1.165, 1.54) is 19.3 Å². The van der Waals surface area contributed by atoms with Gasteiger partial charge >= 0.3 is 0 Å². The summed E-state index contributed by atoms with van der Waals surface area (Å²) >= 11 is 1.88. The van der Waals surface area contributed by atoms with Crippen molar-refractivity contribution in [1.82, 2.24) is 10.3 Å². The maximum absolute atomic E-state index is 12.4. The quantitative estimate of drug-likeness (QED) is 0.813. The number of hydrogen-bond donors (Lipinski definition) is 2. The van der Waals surface area contributed by atoms with Gasteiger partial charge in [-0.1, -0.05) is 19.8 Å². The second-order valence-electron chi connectivity index (χ2n) is 5.66. The molecule has 2 rings (SSSR count). The van der Waals surface area contributed by atoms with Gasteiger partial charge in [0.1, 0.15) is 5.82 Å². The van der Waals surface area contributed by atoms with Crippen molar-refractivity contribution in [2.24, 2.45) is 0 Å². The molecular weight excluding hydrogens is 282 g/mol. The molecule has 116 valence electrons. The highest BCUT2D eigenvalue weighted by Crippen LogP contribution is 2.42. The highest BCUT2D eigenvalue weighted by atomic mass is 32.2. The molecule has 1 aliphatic carbocycles. The van der Waals surface area contributed by atoms with Crippen LogP contribution in [0.1, 0.15) is 48.7 Å². The average molecular weight is 307 g/mol. The molecule has 2 N–H and O–H groups in total. The number of anilines is 1. The van der Waals surface area contributed by atoms with Crippen molar-refractivity contribution in [2.45, 2.75) is 43.8 Å². The van der Waals surface area contributed by atoms with Gasteiger partial charge in [0.2, 0.25) is 0 Å². The zero-order chi connectivity index (χ0) is 15.3. The Morgan fingerprint density at radius 2 is 2.19 bits per heavy atom. The molecule has 0 unspecified atom stereocenters. The summed E-state index contributed by atoms with van der Waals surface area (Å²) < 4.78 is 0.265. The predicted molar refractivity (Wildman–Crippen MR) is 90.2 cm³/mol. The first-order valence-electron chi connectivity index (χ1n) is 7.64. The van der Waals surface area contributed by atoms with Gasteiger partial charge in [-0.2, -0.15) is 11.8 Å². The number of amides is 1. The normalized spacial score (nSPS) is 16.1. The van der Waals surface area contributed by atoms with E-state index in [1.807, 2.05) is 30.9 Å². The topological polar surface area (TPSA) is 54.0 Å². The standard InChI is InChI=1S/C16H25N3OS/c1-4-6-13-9-12(10-14(17-2)19-13)15(20)18-11-16(21-3)7-5-8-16/h9-10H,4-8,11H2,1-3H3,(H,17,19)(H,18,20). The van der Waals surface area contributed by atoms with Gasteiger partial charge in [-0.25, -0.2) is 4.98 Å². The van der Waals surface area contributed by atoms with Crippen molar-refractivity contribution in [3.05, 3.63) is 23.4 Å². The summed E-state index contributed by atoms with van der Waals surface area (Å²) in [6.45, 7) is 2.87. The lowest BCUT2D eigenvalue weighted by molar-refractivity contribution is 0.0943. The van der Waals surface area contributed by atoms with Gasteiger partial charge in [0.25, 0.3) is 5.91 Å². The molecule has 1 fully saturated rings. The summed E-state index contributed by atoms with van der Waals surface area (Å²) in [4.78, 5) is 16.9. The van der Waals surface area contributed by atoms with E-state index in [2.05, 4.69) is 28.8 Å². The number of pyridine rings is 1. The number of thioether (sulfide) groups is 1. The van der Waals surface area contributed by atoms with E-state index in [0.717, 1.165) is 30.9 Å². The summed E-state index contributed by atoms with van der Waals surface area (Å²) in [6, 6.07) is 3.73. The average Bonchev–Trinajstić information content (AvgIpc) is 2.46. The van der Waals surface area contributed by atoms with Crippen molar-refractivity contribution < 1.29 is 4.79 Å². The lowest BCUT2D eigenvalue weighted by Crippen LogP contribution is -2.45. The summed E-state index contributed by atoms with van der Waals surface area (Å²) in [6.07, 6.45) is 7.73. The van der Waals surface area contributed by atoms with Crippen LogP contribution in [0.5, 0.6) is 0 Å². The molecule has 1 aromatic rings. The van der Waals surface area contributed by atoms with E-state index in [4.69, 9.17) is 0 Å². The molecule has 1 aliphatic rings. The molecule has 21 heavy (non-hydrogen) atoms. The molecule has 0 saturated heterocycles. The molecule has 0 spiro atoms. The van der Waals surface area contributed by atoms with Crippen LogP contribution in [0.15, 0.2) is 12.1 Å². The maximum atomic E-state index is 12.4. The highest BCUT2D eigenvalue weighted by Gasteiger charge is 2.36. The zero-order valence-corrected chi connectivity index (χ0v) is 14.0. The van der Waals surface area contributed by atoms with Crippen molar-refractivity contribution in [3.8, 4) is 0 Å². The van der Waals surface area contributed by atoms with Crippen LogP contribution in [0.4, 0.5) is 5.82 Å². The number of aryl methyl sites for hydroxylation is 1. The molecule has 0 aromatic carbocycles. The molecule has 0 radical (unpaired) electrons. The van der Waals surface area contributed by atoms with Gasteiger partial charge in [0, 0.05) is 29.6 Å². The molecule has 0 aliphatic heterocycles. The Balaban J connectivity index is 2.05. The van der Waals surface area contributed by atoms with Crippen LogP contribution < -0.4 is 10.6 Å². The summed E-state index contributed by atoms with van der Waals surface area (Å²) in [7, 11) is 1.83. The van der Waals surface area contributed by atoms with Gasteiger partial charge < -0.3 is 10.6 Å². The number of aromatic nitrogens is 1. The van der Waals surface area contributed by atoms with Crippen LogP contribution in [-0.4, -0.2) is 35.5 Å². The minimum atomic E-state index is 0.00609. The van der Waals surface area contributed by atoms with E-state index >= 15 is 0 Å². The zero-order valence-electron chi connectivity index (χ0n) is 13.2. The summed E-state index contributed by atoms with van der Waals surface area (Å²) in [5.74, 6) is 0.765. The number of carbonyl (C=O) groups excluding carboxylic acids is 1. The van der Waals surface area contributed by atoms with Crippen molar-refractivity contribution >= 4 is 23.5 Å². The van der Waals surface area contributed by atoms with E-state index in [9.17, 15) is 4.79 Å². The summed E-state index contributed by atoms with van der Waals surface area (Å²) in [5.41, 5.74) is 1.67. The molecule has 0 bridgehead atoms. The lowest BCUT2D eigenvalue weighted by Gasteiger charge is -2.40. The van der Waals surface area contributed by atoms with E-state index in [1.54, 1.807) is 0 Å². The molecule has 0 atom stereocenters. The van der Waals surface area contributed by atoms with Crippen LogP contribution in [0.2, 0.25) is 0 Å². The van der Waals surface area contributed by atoms with E-state index in [0.29, 0.717) is 5.56 Å². The monoisotopic (exact) mass is 307 g/mol. The van der Waals surface area contributed by atoms with Crippen LogP contribution in [0, 0.1) is 0 Å². The van der Waals surface area contributed by atoms with Gasteiger partial charge in [0.05, 0.1) is 0 Å². The third-order valence-corrected chi connectivity index (χ3v) is 5.59. The number of nitrogens with one attached hydrogen (secondary N) is 2. The molecular formula is C16H25N3OS. The molecule has 1 amide bonds. The number of carbonyl (C=O) groups is 1. The predicted octanol–water partition coefficient (Wildman–Crippen LogP) is 3.09. The van der Waals surface area contributed by atoms with Crippen LogP contribution in [-0.2, 0) is 6.42 Å². The smallest absolute Gasteiger partial charge is 0.251 e. The Morgan fingerprint density at radius 1 is 1.43 bits per heavy atom. The third kappa shape index (κ3) is 3.90. The molecule has 1 heterocycles. The van der Waals surface area contributed by atoms with Crippen LogP contribution in [0.25, 0.3) is 0 Å². The minimum absolute atomic E-state index is 0.00609. The Bertz CT molecular complexity index is 495. The van der Waals surface area contributed by atoms with Crippen molar-refractivity contribution in [1.29, 1.82) is 0 Å². The van der Waals surface area contributed by atoms with Crippen LogP contribution in [0.3, 0.4) is 0 Å². The fourth-order valence-electron chi connectivity index (χ4n) is 2.60. The van der Waals surface area contributed by atoms with Crippen LogP contribution >= 0.6 is 11.8 Å². The number of nitrogens with zero attached hydrogens (tertiary/aromatic N) is 1. The fraction of sp³-hybridized carbons (Fsp3) is 0.625. The van der Waals surface area contributed by atoms with Gasteiger partial charge in [-0.05, 0) is 37.7 Å². The lowest BCUT2D eigenvalue weighted by atomic mass is 9.84. The molecule has 5 heteroatoms. The minimum Gasteiger partial charge on any atom is -0.373 e. The second-order valence-corrected chi connectivity index (χ2v) is 6.93. The first kappa shape index (κ1) is 16.1. The van der Waals surface area contributed by atoms with Gasteiger partial charge in [-0.3, -0.25) is 4.79 Å². The van der Waals surface area contributed by atoms with Crippen molar-refractivity contribution in [3.63, 3.8) is 0 Å². The highest BCUT2D eigenvalue weighted by molar-refractivity contribution is 8.00.